The van der Waals surface area contributed by atoms with Crippen LogP contribution in [0.4, 0.5) is 0 Å². The summed E-state index contributed by atoms with van der Waals surface area (Å²) in [6, 6.07) is 0.0916. The first-order chi connectivity index (χ1) is 9.29. The number of nitrogens with zero attached hydrogens (tertiary/aromatic N) is 1. The third kappa shape index (κ3) is 4.81. The molecule has 0 aliphatic heterocycles. The predicted octanol–water partition coefficient (Wildman–Crippen LogP) is 2.88. The molecule has 0 aliphatic carbocycles. The number of nitrogens with one attached hydrogen (secondary N) is 1. The second-order valence-electron chi connectivity index (χ2n) is 6.52. The van der Waals surface area contributed by atoms with Crippen LogP contribution in [0.5, 0.6) is 0 Å². The number of aromatic nitrogens is 1. The summed E-state index contributed by atoms with van der Waals surface area (Å²) in [5.74, 6) is 6.14. The Morgan fingerprint density at radius 2 is 2.05 bits per heavy atom. The average Bonchev–Trinajstić information content (AvgIpc) is 2.81. The molecule has 2 unspecified atom stereocenters. The molecule has 0 saturated heterocycles. The number of hydrogen-bond donors (Lipinski definition) is 2. The van der Waals surface area contributed by atoms with E-state index in [-0.39, 0.29) is 17.6 Å². The molecule has 0 fully saturated rings. The molecule has 1 aromatic heterocycles. The first kappa shape index (κ1) is 17.6. The van der Waals surface area contributed by atoms with Crippen LogP contribution in [0.15, 0.2) is 5.38 Å². The van der Waals surface area contributed by atoms with Gasteiger partial charge in [-0.2, -0.15) is 0 Å². The molecule has 0 bridgehead atoms. The van der Waals surface area contributed by atoms with Crippen molar-refractivity contribution in [2.24, 2.45) is 11.8 Å². The van der Waals surface area contributed by atoms with Gasteiger partial charge in [-0.05, 0) is 12.8 Å². The highest BCUT2D eigenvalue weighted by Gasteiger charge is 2.26. The number of rotatable bonds is 7. The first-order valence-corrected chi connectivity index (χ1v) is 8.20. The van der Waals surface area contributed by atoms with E-state index < -0.39 is 0 Å². The van der Waals surface area contributed by atoms with Gasteiger partial charge in [-0.15, -0.1) is 11.3 Å². The minimum absolute atomic E-state index is 0.0916. The van der Waals surface area contributed by atoms with Crippen molar-refractivity contribution in [1.82, 2.24) is 10.4 Å². The number of nitrogens with two attached hydrogens (primary N) is 1. The van der Waals surface area contributed by atoms with E-state index in [0.717, 1.165) is 17.1 Å². The van der Waals surface area contributed by atoms with E-state index in [1.165, 1.54) is 0 Å². The van der Waals surface area contributed by atoms with Crippen LogP contribution in [0.3, 0.4) is 0 Å². The zero-order chi connectivity index (χ0) is 15.3. The van der Waals surface area contributed by atoms with Crippen LogP contribution in [-0.2, 0) is 16.6 Å². The minimum atomic E-state index is 0.0916. The summed E-state index contributed by atoms with van der Waals surface area (Å²) in [6.07, 6.45) is 0.909. The Hall–Kier alpha value is -0.490. The summed E-state index contributed by atoms with van der Waals surface area (Å²) in [6.45, 7) is 13.6. The van der Waals surface area contributed by atoms with Crippen LogP contribution in [0.1, 0.15) is 52.2 Å². The van der Waals surface area contributed by atoms with E-state index in [9.17, 15) is 0 Å². The fourth-order valence-electron chi connectivity index (χ4n) is 2.17. The lowest BCUT2D eigenvalue weighted by Gasteiger charge is -2.29. The van der Waals surface area contributed by atoms with E-state index in [1.807, 2.05) is 6.92 Å². The summed E-state index contributed by atoms with van der Waals surface area (Å²) in [5.41, 5.74) is 4.15. The molecule has 0 saturated carbocycles. The fourth-order valence-corrected chi connectivity index (χ4v) is 3.25. The number of thiazole rings is 1. The fraction of sp³-hybridized carbons (Fsp3) is 0.800. The topological polar surface area (TPSA) is 60.2 Å². The van der Waals surface area contributed by atoms with E-state index in [2.05, 4.69) is 45.4 Å². The Balaban J connectivity index is 2.79. The summed E-state index contributed by atoms with van der Waals surface area (Å²) in [5, 5.41) is 3.26. The third-order valence-electron chi connectivity index (χ3n) is 3.34. The molecular formula is C15H29N3OS. The van der Waals surface area contributed by atoms with Crippen LogP contribution in [0.2, 0.25) is 0 Å². The highest BCUT2D eigenvalue weighted by atomic mass is 32.1. The van der Waals surface area contributed by atoms with Crippen molar-refractivity contribution in [3.63, 3.8) is 0 Å². The molecule has 4 nitrogen and oxygen atoms in total. The standard InChI is InChI=1S/C15H29N3OS/c1-7-19-14(10(2)3)11(18-16)8-13-17-12(9-20-13)15(4,5)6/h9-11,14,18H,7-8,16H2,1-6H3. The van der Waals surface area contributed by atoms with Crippen molar-refractivity contribution in [2.45, 2.75) is 65.5 Å². The van der Waals surface area contributed by atoms with Gasteiger partial charge in [-0.1, -0.05) is 34.6 Å². The van der Waals surface area contributed by atoms with Crippen molar-refractivity contribution in [3.8, 4) is 0 Å². The number of hydrogen-bond acceptors (Lipinski definition) is 5. The van der Waals surface area contributed by atoms with Gasteiger partial charge in [0.2, 0.25) is 0 Å². The van der Waals surface area contributed by atoms with Crippen molar-refractivity contribution < 1.29 is 4.74 Å². The molecule has 0 amide bonds. The van der Waals surface area contributed by atoms with Gasteiger partial charge in [0, 0.05) is 23.8 Å². The van der Waals surface area contributed by atoms with Gasteiger partial charge >= 0.3 is 0 Å². The Kier molecular flexibility index (Phi) is 6.58. The van der Waals surface area contributed by atoms with Gasteiger partial charge in [-0.25, -0.2) is 4.98 Å². The lowest BCUT2D eigenvalue weighted by atomic mass is 9.93. The van der Waals surface area contributed by atoms with Gasteiger partial charge < -0.3 is 4.74 Å². The molecule has 1 aromatic rings. The van der Waals surface area contributed by atoms with Gasteiger partial charge in [0.05, 0.1) is 22.8 Å². The maximum atomic E-state index is 5.84. The van der Waals surface area contributed by atoms with Crippen LogP contribution in [-0.4, -0.2) is 23.7 Å². The summed E-state index contributed by atoms with van der Waals surface area (Å²) in [4.78, 5) is 4.74. The van der Waals surface area contributed by atoms with Gasteiger partial charge in [0.25, 0.3) is 0 Å². The molecule has 0 aliphatic rings. The summed E-state index contributed by atoms with van der Waals surface area (Å²) in [7, 11) is 0. The van der Waals surface area contributed by atoms with E-state index in [0.29, 0.717) is 12.5 Å². The molecule has 0 spiro atoms. The largest absolute Gasteiger partial charge is 0.377 e. The second-order valence-corrected chi connectivity index (χ2v) is 7.46. The monoisotopic (exact) mass is 299 g/mol. The summed E-state index contributed by atoms with van der Waals surface area (Å²) < 4.78 is 5.84. The zero-order valence-electron chi connectivity index (χ0n) is 13.6. The molecule has 1 rings (SSSR count). The SMILES string of the molecule is CCOC(C(C)C)C(Cc1nc(C(C)(C)C)cs1)NN. The quantitative estimate of drug-likeness (QED) is 0.600. The van der Waals surface area contributed by atoms with Gasteiger partial charge in [0.1, 0.15) is 0 Å². The van der Waals surface area contributed by atoms with Crippen molar-refractivity contribution >= 4 is 11.3 Å². The van der Waals surface area contributed by atoms with Crippen molar-refractivity contribution in [2.75, 3.05) is 6.61 Å². The lowest BCUT2D eigenvalue weighted by Crippen LogP contribution is -2.48. The molecule has 0 aromatic carbocycles. The van der Waals surface area contributed by atoms with E-state index in [1.54, 1.807) is 11.3 Å². The van der Waals surface area contributed by atoms with Crippen LogP contribution < -0.4 is 11.3 Å². The van der Waals surface area contributed by atoms with Crippen LogP contribution in [0, 0.1) is 5.92 Å². The predicted molar refractivity (Wildman–Crippen MR) is 85.9 cm³/mol. The van der Waals surface area contributed by atoms with Crippen molar-refractivity contribution in [1.29, 1.82) is 0 Å². The highest BCUT2D eigenvalue weighted by Crippen LogP contribution is 2.25. The molecule has 20 heavy (non-hydrogen) atoms. The Morgan fingerprint density at radius 3 is 2.45 bits per heavy atom. The maximum Gasteiger partial charge on any atom is 0.0945 e. The van der Waals surface area contributed by atoms with Crippen LogP contribution >= 0.6 is 11.3 Å². The normalized spacial score (nSPS) is 15.6. The Morgan fingerprint density at radius 1 is 1.40 bits per heavy atom. The lowest BCUT2D eigenvalue weighted by molar-refractivity contribution is 0.00353. The number of ether oxygens (including phenoxy) is 1. The average molecular weight is 299 g/mol. The minimum Gasteiger partial charge on any atom is -0.377 e. The molecule has 5 heteroatoms. The smallest absolute Gasteiger partial charge is 0.0945 e. The zero-order valence-corrected chi connectivity index (χ0v) is 14.4. The maximum absolute atomic E-state index is 5.84. The van der Waals surface area contributed by atoms with Gasteiger partial charge in [-0.3, -0.25) is 11.3 Å². The van der Waals surface area contributed by atoms with Crippen LogP contribution in [0.25, 0.3) is 0 Å². The summed E-state index contributed by atoms with van der Waals surface area (Å²) >= 11 is 1.71. The third-order valence-corrected chi connectivity index (χ3v) is 4.21. The van der Waals surface area contributed by atoms with E-state index >= 15 is 0 Å². The molecule has 116 valence electrons. The number of hydrazine groups is 1. The highest BCUT2D eigenvalue weighted by molar-refractivity contribution is 7.09. The molecule has 1 heterocycles. The molecular weight excluding hydrogens is 270 g/mol. The Bertz CT molecular complexity index is 398. The first-order valence-electron chi connectivity index (χ1n) is 7.32. The molecule has 3 N–H and O–H groups in total. The molecule has 0 radical (unpaired) electrons. The van der Waals surface area contributed by atoms with Gasteiger partial charge in [0.15, 0.2) is 0 Å². The van der Waals surface area contributed by atoms with Crippen molar-refractivity contribution in [3.05, 3.63) is 16.1 Å². The molecule has 2 atom stereocenters. The second kappa shape index (κ2) is 7.50. The Labute approximate surface area is 127 Å². The van der Waals surface area contributed by atoms with E-state index in [4.69, 9.17) is 15.6 Å².